The standard InChI is InChI=1S/C43H68N12O16/c1-6-21(4)34(42(69)52-25(12-20(2)3)38(65)53-29(18-57)41(68)54-30(19-58)43(70)71)55-35(62)22(5)48-33(61)16-47-37(64)26(13-23-10-8-7-9-11-23)50-40(67)28(15-32(46)60)51-39(66)27(14-31(45)59)49-36(63)24(44)17-56/h7-11,20-22,24-30,34,56-58H,6,12-19,44H2,1-5H3,(H2,45,59)(H2,46,60)(H,47,64)(H,48,61)(H,49,63)(H,50,67)(H,51,66)(H,52,69)(H,53,65)(H,54,68)(H,55,62)(H,70,71)/t21-,22-,24+,25-,26-,27+,28+,29-,30+,34+/m1/s1. The fourth-order valence-corrected chi connectivity index (χ4v) is 6.30. The van der Waals surface area contributed by atoms with Crippen LogP contribution in [0.3, 0.4) is 0 Å². The zero-order valence-electron chi connectivity index (χ0n) is 40.0. The summed E-state index contributed by atoms with van der Waals surface area (Å²) in [6.07, 6.45) is -1.49. The lowest BCUT2D eigenvalue weighted by Gasteiger charge is -2.29. The van der Waals surface area contributed by atoms with Crippen LogP contribution in [-0.2, 0) is 64.0 Å². The molecule has 0 aliphatic rings. The number of hydrogen-bond acceptors (Lipinski definition) is 16. The number of hydrogen-bond donors (Lipinski definition) is 16. The Morgan fingerprint density at radius 3 is 1.48 bits per heavy atom. The Morgan fingerprint density at radius 2 is 1.00 bits per heavy atom. The van der Waals surface area contributed by atoms with Gasteiger partial charge in [0, 0.05) is 6.42 Å². The molecule has 0 bridgehead atoms. The Morgan fingerprint density at radius 1 is 0.535 bits per heavy atom. The first-order chi connectivity index (χ1) is 33.3. The number of nitrogens with two attached hydrogens (primary N) is 3. The number of aliphatic hydroxyl groups is 3. The van der Waals surface area contributed by atoms with E-state index in [-0.39, 0.29) is 18.8 Å². The molecule has 0 heterocycles. The molecule has 0 spiro atoms. The van der Waals surface area contributed by atoms with Crippen LogP contribution in [0.25, 0.3) is 0 Å². The molecule has 1 aromatic carbocycles. The van der Waals surface area contributed by atoms with E-state index in [0.717, 1.165) is 0 Å². The fourth-order valence-electron chi connectivity index (χ4n) is 6.30. The molecule has 28 nitrogen and oxygen atoms in total. The van der Waals surface area contributed by atoms with Gasteiger partial charge in [-0.1, -0.05) is 64.4 Å². The molecule has 0 radical (unpaired) electrons. The van der Waals surface area contributed by atoms with Crippen LogP contribution in [-0.4, -0.2) is 172 Å². The molecule has 1 aromatic rings. The quantitative estimate of drug-likeness (QED) is 0.0319. The summed E-state index contributed by atoms with van der Waals surface area (Å²) in [6, 6.07) is -5.73. The SMILES string of the molecule is CC[C@@H](C)[C@H](NC(=O)[C@@H](C)NC(=O)CNC(=O)[C@@H](Cc1ccccc1)NC(=O)[C@H](CC(N)=O)NC(=O)[C@H](CC(N)=O)NC(=O)[C@@H](N)CO)C(=O)N[C@H](CC(C)C)C(=O)N[C@H](CO)C(=O)N[C@@H](CO)C(=O)O. The minimum atomic E-state index is -1.79. The van der Waals surface area contributed by atoms with Crippen LogP contribution >= 0.6 is 0 Å². The van der Waals surface area contributed by atoms with E-state index in [1.165, 1.54) is 6.92 Å². The molecule has 0 aliphatic heterocycles. The molecular weight excluding hydrogens is 941 g/mol. The summed E-state index contributed by atoms with van der Waals surface area (Å²) in [7, 11) is 0. The van der Waals surface area contributed by atoms with Crippen molar-refractivity contribution in [2.24, 2.45) is 29.0 Å². The number of carboxylic acid groups (broad SMARTS) is 1. The molecular formula is C43H68N12O16. The first-order valence-corrected chi connectivity index (χ1v) is 22.4. The number of aliphatic hydroxyl groups excluding tert-OH is 3. The number of nitrogens with one attached hydrogen (secondary N) is 9. The number of primary amides is 2. The van der Waals surface area contributed by atoms with Crippen molar-refractivity contribution in [3.63, 3.8) is 0 Å². The van der Waals surface area contributed by atoms with Crippen molar-refractivity contribution in [2.45, 2.75) is 121 Å². The molecule has 0 saturated heterocycles. The van der Waals surface area contributed by atoms with E-state index in [9.17, 15) is 72.9 Å². The van der Waals surface area contributed by atoms with Gasteiger partial charge >= 0.3 is 5.97 Å². The van der Waals surface area contributed by atoms with Gasteiger partial charge in [0.05, 0.1) is 39.2 Å². The molecule has 0 aromatic heterocycles. The number of carbonyl (C=O) groups is 12. The van der Waals surface area contributed by atoms with Crippen LogP contribution in [0.2, 0.25) is 0 Å². The van der Waals surface area contributed by atoms with Crippen LogP contribution in [0.5, 0.6) is 0 Å². The second kappa shape index (κ2) is 31.0. The monoisotopic (exact) mass is 1010 g/mol. The van der Waals surface area contributed by atoms with Crippen LogP contribution in [0.4, 0.5) is 0 Å². The van der Waals surface area contributed by atoms with Gasteiger partial charge in [0.2, 0.25) is 65.0 Å². The van der Waals surface area contributed by atoms with Crippen LogP contribution < -0.4 is 65.1 Å². The summed E-state index contributed by atoms with van der Waals surface area (Å²) in [5.74, 6) is -13.5. The maximum absolute atomic E-state index is 13.7. The molecule has 28 heteroatoms. The molecule has 71 heavy (non-hydrogen) atoms. The van der Waals surface area contributed by atoms with Gasteiger partial charge in [-0.3, -0.25) is 52.7 Å². The summed E-state index contributed by atoms with van der Waals surface area (Å²) in [5, 5.41) is 58.1. The van der Waals surface area contributed by atoms with Gasteiger partial charge in [-0.05, 0) is 30.7 Å². The molecule has 1 rings (SSSR count). The van der Waals surface area contributed by atoms with E-state index >= 15 is 0 Å². The summed E-state index contributed by atoms with van der Waals surface area (Å²) in [4.78, 5) is 154. The molecule has 0 unspecified atom stereocenters. The Labute approximate surface area is 408 Å². The van der Waals surface area contributed by atoms with Gasteiger partial charge in [-0.2, -0.15) is 0 Å². The predicted octanol–water partition coefficient (Wildman–Crippen LogP) is -7.52. The highest BCUT2D eigenvalue weighted by Crippen LogP contribution is 2.12. The third kappa shape index (κ3) is 22.3. The van der Waals surface area contributed by atoms with E-state index < -0.39 is 170 Å². The third-order valence-electron chi connectivity index (χ3n) is 10.5. The van der Waals surface area contributed by atoms with E-state index in [2.05, 4.69) is 42.5 Å². The van der Waals surface area contributed by atoms with Crippen molar-refractivity contribution in [1.82, 2.24) is 47.9 Å². The molecule has 0 saturated carbocycles. The average molecular weight is 1010 g/mol. The first kappa shape index (κ1) is 61.7. The van der Waals surface area contributed by atoms with Crippen LogP contribution in [0, 0.1) is 11.8 Å². The highest BCUT2D eigenvalue weighted by atomic mass is 16.4. The maximum atomic E-state index is 13.7. The van der Waals surface area contributed by atoms with Gasteiger partial charge in [-0.25, -0.2) is 4.79 Å². The lowest BCUT2D eigenvalue weighted by molar-refractivity contribution is -0.143. The summed E-state index contributed by atoms with van der Waals surface area (Å²) >= 11 is 0. The average Bonchev–Trinajstić information content (AvgIpc) is 3.31. The van der Waals surface area contributed by atoms with E-state index in [1.807, 2.05) is 5.32 Å². The van der Waals surface area contributed by atoms with Crippen molar-refractivity contribution in [1.29, 1.82) is 0 Å². The number of amides is 11. The molecule has 10 atom stereocenters. The molecule has 11 amide bonds. The van der Waals surface area contributed by atoms with Crippen LogP contribution in [0.1, 0.15) is 65.9 Å². The van der Waals surface area contributed by atoms with Gasteiger partial charge < -0.3 is 85.5 Å². The first-order valence-electron chi connectivity index (χ1n) is 22.4. The lowest BCUT2D eigenvalue weighted by atomic mass is 9.96. The second-order valence-corrected chi connectivity index (χ2v) is 16.9. The fraction of sp³-hybridized carbons (Fsp3) is 0.581. The van der Waals surface area contributed by atoms with Gasteiger partial charge in [-0.15, -0.1) is 0 Å². The van der Waals surface area contributed by atoms with Gasteiger partial charge in [0.1, 0.15) is 54.4 Å². The molecule has 19 N–H and O–H groups in total. The smallest absolute Gasteiger partial charge is 0.328 e. The van der Waals surface area contributed by atoms with E-state index in [0.29, 0.717) is 12.0 Å². The van der Waals surface area contributed by atoms with Crippen molar-refractivity contribution < 1.29 is 78.0 Å². The largest absolute Gasteiger partial charge is 0.480 e. The maximum Gasteiger partial charge on any atom is 0.328 e. The Kier molecular flexibility index (Phi) is 27.0. The van der Waals surface area contributed by atoms with Crippen molar-refractivity contribution in [3.8, 4) is 0 Å². The number of aliphatic carboxylic acids is 1. The van der Waals surface area contributed by atoms with Crippen molar-refractivity contribution in [3.05, 3.63) is 35.9 Å². The summed E-state index contributed by atoms with van der Waals surface area (Å²) < 4.78 is 0. The molecule has 0 fully saturated rings. The summed E-state index contributed by atoms with van der Waals surface area (Å²) in [6.45, 7) is 4.51. The van der Waals surface area contributed by atoms with E-state index in [4.69, 9.17) is 22.3 Å². The second-order valence-electron chi connectivity index (χ2n) is 16.9. The lowest BCUT2D eigenvalue weighted by Crippen LogP contribution is -2.60. The zero-order valence-corrected chi connectivity index (χ0v) is 40.0. The minimum Gasteiger partial charge on any atom is -0.480 e. The van der Waals surface area contributed by atoms with Crippen molar-refractivity contribution >= 4 is 70.9 Å². The highest BCUT2D eigenvalue weighted by Gasteiger charge is 2.35. The predicted molar refractivity (Wildman–Crippen MR) is 248 cm³/mol. The zero-order chi connectivity index (χ0) is 54.1. The third-order valence-corrected chi connectivity index (χ3v) is 10.5. The highest BCUT2D eigenvalue weighted by molar-refractivity contribution is 5.99. The number of carboxylic acids is 1. The Hall–Kier alpha value is -7.30. The number of rotatable bonds is 32. The Balaban J connectivity index is 3.19. The molecule has 0 aliphatic carbocycles. The molecule has 396 valence electrons. The topological polar surface area (TPSA) is 472 Å². The normalized spacial score (nSPS) is 15.2. The summed E-state index contributed by atoms with van der Waals surface area (Å²) in [5.41, 5.74) is 16.5. The Bertz CT molecular complexity index is 2040. The number of benzene rings is 1. The van der Waals surface area contributed by atoms with Crippen LogP contribution in [0.15, 0.2) is 30.3 Å². The minimum absolute atomic E-state index is 0.00783. The van der Waals surface area contributed by atoms with Gasteiger partial charge in [0.15, 0.2) is 0 Å². The number of carbonyl (C=O) groups excluding carboxylic acids is 11. The van der Waals surface area contributed by atoms with Gasteiger partial charge in [0.25, 0.3) is 0 Å². The van der Waals surface area contributed by atoms with E-state index in [1.54, 1.807) is 58.0 Å². The van der Waals surface area contributed by atoms with Crippen molar-refractivity contribution in [2.75, 3.05) is 26.4 Å².